The van der Waals surface area contributed by atoms with E-state index in [0.29, 0.717) is 36.4 Å². The number of hydrogen-bond acceptors (Lipinski definition) is 6. The Morgan fingerprint density at radius 3 is 2.12 bits per heavy atom. The zero-order chi connectivity index (χ0) is 32.1. The van der Waals surface area contributed by atoms with E-state index in [4.69, 9.17) is 4.74 Å². The van der Waals surface area contributed by atoms with Crippen LogP contribution in [0.5, 0.6) is 5.75 Å². The van der Waals surface area contributed by atoms with Gasteiger partial charge in [0.2, 0.25) is 5.91 Å². The first-order valence-corrected chi connectivity index (χ1v) is 15.3. The second-order valence-electron chi connectivity index (χ2n) is 11.0. The summed E-state index contributed by atoms with van der Waals surface area (Å²) in [4.78, 5) is 48.8. The number of hydrogen-bond donors (Lipinski definition) is 4. The SMILES string of the molecule is CC#CCOc1ccc(C[C@H](NC(=O)[C@@H](/C=C/CCCCCCC(=O)CCCCCCC)[C@](C)(O)C(=O)O)C(=O)O)cc1. The lowest BCUT2D eigenvalue weighted by Crippen LogP contribution is -2.53. The van der Waals surface area contributed by atoms with E-state index < -0.39 is 35.4 Å². The van der Waals surface area contributed by atoms with Gasteiger partial charge in [-0.05, 0) is 57.2 Å². The van der Waals surface area contributed by atoms with Gasteiger partial charge in [0.05, 0.1) is 5.92 Å². The van der Waals surface area contributed by atoms with Crippen LogP contribution in [0.1, 0.15) is 103 Å². The van der Waals surface area contributed by atoms with E-state index in [1.165, 1.54) is 25.3 Å². The molecule has 0 fully saturated rings. The Morgan fingerprint density at radius 2 is 1.56 bits per heavy atom. The fraction of sp³-hybridized carbons (Fsp3) is 0.588. The minimum atomic E-state index is -2.44. The molecule has 0 saturated carbocycles. The number of benzene rings is 1. The maximum absolute atomic E-state index is 13.1. The molecule has 3 atom stereocenters. The third-order valence-corrected chi connectivity index (χ3v) is 7.25. The molecule has 0 aliphatic heterocycles. The topological polar surface area (TPSA) is 150 Å². The first kappa shape index (κ1) is 37.4. The number of ketones is 1. The van der Waals surface area contributed by atoms with Crippen LogP contribution < -0.4 is 10.1 Å². The second kappa shape index (κ2) is 21.1. The molecule has 1 amide bonds. The van der Waals surface area contributed by atoms with Crippen molar-refractivity contribution in [2.45, 2.75) is 116 Å². The number of unbranched alkanes of at least 4 members (excludes halogenated alkanes) is 8. The Morgan fingerprint density at radius 1 is 0.953 bits per heavy atom. The van der Waals surface area contributed by atoms with Crippen LogP contribution in [0.2, 0.25) is 0 Å². The molecule has 43 heavy (non-hydrogen) atoms. The quantitative estimate of drug-likeness (QED) is 0.0734. The number of aliphatic hydroxyl groups is 1. The number of Topliss-reactive ketones (excluding diaryl/α,β-unsaturated/α-hetero) is 1. The average molecular weight is 600 g/mol. The van der Waals surface area contributed by atoms with Crippen LogP contribution in [0.4, 0.5) is 0 Å². The minimum absolute atomic E-state index is 0.0525. The Balaban J connectivity index is 2.64. The third-order valence-electron chi connectivity index (χ3n) is 7.25. The molecule has 1 rings (SSSR count). The monoisotopic (exact) mass is 599 g/mol. The lowest BCUT2D eigenvalue weighted by atomic mass is 9.87. The highest BCUT2D eigenvalue weighted by atomic mass is 16.5. The van der Waals surface area contributed by atoms with Crippen LogP contribution in [0, 0.1) is 17.8 Å². The fourth-order valence-electron chi connectivity index (χ4n) is 4.49. The van der Waals surface area contributed by atoms with Gasteiger partial charge in [0, 0.05) is 19.3 Å². The summed E-state index contributed by atoms with van der Waals surface area (Å²) < 4.78 is 5.45. The van der Waals surface area contributed by atoms with Crippen molar-refractivity contribution in [2.75, 3.05) is 6.61 Å². The summed E-state index contributed by atoms with van der Waals surface area (Å²) in [7, 11) is 0. The molecule has 0 saturated heterocycles. The molecule has 0 spiro atoms. The zero-order valence-electron chi connectivity index (χ0n) is 25.9. The number of carboxylic acid groups (broad SMARTS) is 2. The Labute approximate surface area is 256 Å². The van der Waals surface area contributed by atoms with Gasteiger partial charge >= 0.3 is 11.9 Å². The summed E-state index contributed by atoms with van der Waals surface area (Å²) in [6, 6.07) is 5.34. The number of nitrogens with one attached hydrogen (secondary N) is 1. The van der Waals surface area contributed by atoms with Crippen molar-refractivity contribution < 1.29 is 39.2 Å². The number of allylic oxidation sites excluding steroid dienone is 1. The lowest BCUT2D eigenvalue weighted by Gasteiger charge is -2.27. The molecule has 0 aliphatic rings. The summed E-state index contributed by atoms with van der Waals surface area (Å²) in [6.07, 6.45) is 13.7. The second-order valence-corrected chi connectivity index (χ2v) is 11.0. The van der Waals surface area contributed by atoms with Gasteiger partial charge in [-0.1, -0.05) is 75.7 Å². The maximum Gasteiger partial charge on any atom is 0.336 e. The molecule has 1 aromatic rings. The average Bonchev–Trinajstić information content (AvgIpc) is 2.96. The molecule has 0 aliphatic carbocycles. The molecule has 238 valence electrons. The predicted molar refractivity (Wildman–Crippen MR) is 166 cm³/mol. The number of aliphatic carboxylic acids is 2. The van der Waals surface area contributed by atoms with Crippen LogP contribution in [-0.2, 0) is 25.6 Å². The molecular formula is C34H49NO8. The number of carboxylic acids is 2. The van der Waals surface area contributed by atoms with E-state index in [1.54, 1.807) is 37.3 Å². The van der Waals surface area contributed by atoms with Crippen LogP contribution in [0.25, 0.3) is 0 Å². The van der Waals surface area contributed by atoms with E-state index in [9.17, 15) is 34.5 Å². The molecule has 9 heteroatoms. The Hall–Kier alpha value is -3.64. The Bertz CT molecular complexity index is 1100. The smallest absolute Gasteiger partial charge is 0.336 e. The maximum atomic E-state index is 13.1. The molecule has 1 aromatic carbocycles. The first-order chi connectivity index (χ1) is 20.5. The fourth-order valence-corrected chi connectivity index (χ4v) is 4.49. The largest absolute Gasteiger partial charge is 0.481 e. The number of carbonyl (C=O) groups excluding carboxylic acids is 2. The van der Waals surface area contributed by atoms with E-state index in [1.807, 2.05) is 0 Å². The van der Waals surface area contributed by atoms with E-state index in [2.05, 4.69) is 24.1 Å². The van der Waals surface area contributed by atoms with Crippen molar-refractivity contribution in [2.24, 2.45) is 5.92 Å². The first-order valence-electron chi connectivity index (χ1n) is 15.3. The van der Waals surface area contributed by atoms with Gasteiger partial charge in [-0.3, -0.25) is 9.59 Å². The third kappa shape index (κ3) is 15.4. The summed E-state index contributed by atoms with van der Waals surface area (Å²) >= 11 is 0. The zero-order valence-corrected chi connectivity index (χ0v) is 25.9. The van der Waals surface area contributed by atoms with E-state index in [0.717, 1.165) is 45.4 Å². The van der Waals surface area contributed by atoms with Crippen molar-refractivity contribution in [3.63, 3.8) is 0 Å². The highest BCUT2D eigenvalue weighted by Gasteiger charge is 2.43. The van der Waals surface area contributed by atoms with Crippen LogP contribution in [0.3, 0.4) is 0 Å². The number of carbonyl (C=O) groups is 4. The van der Waals surface area contributed by atoms with Gasteiger partial charge < -0.3 is 25.4 Å². The summed E-state index contributed by atoms with van der Waals surface area (Å²) in [5, 5.41) is 32.3. The molecular weight excluding hydrogens is 550 g/mol. The summed E-state index contributed by atoms with van der Waals surface area (Å²) in [5.41, 5.74) is -1.83. The van der Waals surface area contributed by atoms with E-state index in [-0.39, 0.29) is 13.0 Å². The molecule has 0 unspecified atom stereocenters. The van der Waals surface area contributed by atoms with Gasteiger partial charge in [-0.15, -0.1) is 5.92 Å². The molecule has 4 N–H and O–H groups in total. The normalized spacial score (nSPS) is 13.8. The lowest BCUT2D eigenvalue weighted by molar-refractivity contribution is -0.164. The molecule has 0 radical (unpaired) electrons. The molecule has 0 bridgehead atoms. The van der Waals surface area contributed by atoms with Crippen molar-refractivity contribution >= 4 is 23.6 Å². The molecule has 0 aromatic heterocycles. The highest BCUT2D eigenvalue weighted by molar-refractivity contribution is 5.92. The minimum Gasteiger partial charge on any atom is -0.481 e. The van der Waals surface area contributed by atoms with Gasteiger partial charge in [-0.25, -0.2) is 9.59 Å². The molecule has 0 heterocycles. The van der Waals surface area contributed by atoms with Crippen LogP contribution in [-0.4, -0.2) is 57.2 Å². The standard InChI is InChI=1S/C34H49NO8/c1-4-6-8-11-14-17-27(36)18-15-12-9-10-13-16-19-29(34(3,42)33(40)41)31(37)35-30(32(38)39)25-26-20-22-28(23-21-26)43-24-7-5-2/h16,19-23,29-30,42H,4,6,8-15,17-18,24-25H2,1-3H3,(H,35,37)(H,38,39)(H,40,41)/b19-16+/t29-,30+,34+/m1/s1. The number of rotatable bonds is 23. The summed E-state index contributed by atoms with van der Waals surface area (Å²) in [5.74, 6) is 1.08. The van der Waals surface area contributed by atoms with Crippen LogP contribution in [0.15, 0.2) is 36.4 Å². The van der Waals surface area contributed by atoms with Crippen LogP contribution >= 0.6 is 0 Å². The van der Waals surface area contributed by atoms with Crippen molar-refractivity contribution in [1.82, 2.24) is 5.32 Å². The summed E-state index contributed by atoms with van der Waals surface area (Å²) in [6.45, 7) is 5.11. The van der Waals surface area contributed by atoms with Crippen molar-refractivity contribution in [3.8, 4) is 17.6 Å². The van der Waals surface area contributed by atoms with Gasteiger partial charge in [-0.2, -0.15) is 0 Å². The number of ether oxygens (including phenoxy) is 1. The molecule has 9 nitrogen and oxygen atoms in total. The highest BCUT2D eigenvalue weighted by Crippen LogP contribution is 2.22. The predicted octanol–water partition coefficient (Wildman–Crippen LogP) is 5.48. The van der Waals surface area contributed by atoms with Gasteiger partial charge in [0.15, 0.2) is 5.60 Å². The van der Waals surface area contributed by atoms with Crippen molar-refractivity contribution in [1.29, 1.82) is 0 Å². The van der Waals surface area contributed by atoms with Gasteiger partial charge in [0.25, 0.3) is 0 Å². The van der Waals surface area contributed by atoms with Crippen molar-refractivity contribution in [3.05, 3.63) is 42.0 Å². The number of amides is 1. The Kier molecular flexibility index (Phi) is 18.4. The van der Waals surface area contributed by atoms with E-state index >= 15 is 0 Å². The van der Waals surface area contributed by atoms with Gasteiger partial charge in [0.1, 0.15) is 24.2 Å².